The van der Waals surface area contributed by atoms with Crippen LogP contribution in [0.25, 0.3) is 0 Å². The Morgan fingerprint density at radius 1 is 1.43 bits per heavy atom. The lowest BCUT2D eigenvalue weighted by Crippen LogP contribution is -2.12. The Hall–Kier alpha value is -1.31. The van der Waals surface area contributed by atoms with E-state index in [4.69, 9.17) is 4.74 Å². The lowest BCUT2D eigenvalue weighted by atomic mass is 9.96. The average Bonchev–Trinajstić information content (AvgIpc) is 2.93. The first-order chi connectivity index (χ1) is 6.68. The predicted molar refractivity (Wildman–Crippen MR) is 53.9 cm³/mol. The molecule has 2 nitrogen and oxygen atoms in total. The van der Waals surface area contributed by atoms with Crippen LogP contribution < -0.4 is 0 Å². The van der Waals surface area contributed by atoms with Crippen molar-refractivity contribution >= 4 is 5.97 Å². The van der Waals surface area contributed by atoms with Gasteiger partial charge in [-0.2, -0.15) is 0 Å². The molecule has 1 aromatic rings. The van der Waals surface area contributed by atoms with Crippen LogP contribution in [0.2, 0.25) is 0 Å². The predicted octanol–water partition coefficient (Wildman–Crippen LogP) is 2.14. The lowest BCUT2D eigenvalue weighted by Gasteiger charge is -2.10. The zero-order chi connectivity index (χ0) is 10.2. The van der Waals surface area contributed by atoms with Gasteiger partial charge in [-0.15, -0.1) is 0 Å². The topological polar surface area (TPSA) is 26.3 Å². The number of benzene rings is 1. The lowest BCUT2D eigenvalue weighted by molar-refractivity contribution is -0.142. The highest BCUT2D eigenvalue weighted by molar-refractivity contribution is 5.78. The minimum atomic E-state index is -0.0867. The molecule has 1 aromatic carbocycles. The Bertz CT molecular complexity index is 345. The van der Waals surface area contributed by atoms with E-state index in [-0.39, 0.29) is 17.3 Å². The molecule has 0 bridgehead atoms. The number of hydrogen-bond acceptors (Lipinski definition) is 2. The fraction of sp³-hybridized carbons (Fsp3) is 0.417. The molecule has 0 aliphatic heterocycles. The molecule has 0 amide bonds. The number of carbonyl (C=O) groups excluding carboxylic acids is 1. The molecule has 0 unspecified atom stereocenters. The zero-order valence-electron chi connectivity index (χ0n) is 8.49. The molecule has 1 saturated carbocycles. The first kappa shape index (κ1) is 9.25. The van der Waals surface area contributed by atoms with Crippen LogP contribution in [0.4, 0.5) is 0 Å². The molecule has 2 rings (SSSR count). The molecular weight excluding hydrogens is 176 g/mol. The molecule has 1 aliphatic carbocycles. The van der Waals surface area contributed by atoms with Gasteiger partial charge in [0.25, 0.3) is 0 Å². The van der Waals surface area contributed by atoms with Crippen LogP contribution in [-0.4, -0.2) is 13.1 Å². The van der Waals surface area contributed by atoms with Gasteiger partial charge in [0.05, 0.1) is 13.0 Å². The highest BCUT2D eigenvalue weighted by Gasteiger charge is 2.56. The molecule has 1 fully saturated rings. The van der Waals surface area contributed by atoms with Crippen molar-refractivity contribution in [2.24, 2.45) is 5.92 Å². The van der Waals surface area contributed by atoms with E-state index in [0.717, 1.165) is 6.42 Å². The number of esters is 1. The van der Waals surface area contributed by atoms with Crippen molar-refractivity contribution in [2.75, 3.05) is 7.11 Å². The van der Waals surface area contributed by atoms with E-state index < -0.39 is 0 Å². The van der Waals surface area contributed by atoms with Crippen molar-refractivity contribution in [1.82, 2.24) is 0 Å². The standard InChI is InChI=1S/C12H14O2/c1-12(8-10(12)11(13)14-2)9-6-4-3-5-7-9/h3-7,10H,8H2,1-2H3/t10-,12-/m0/s1. The summed E-state index contributed by atoms with van der Waals surface area (Å²) in [6.07, 6.45) is 0.906. The maximum atomic E-state index is 11.3. The van der Waals surface area contributed by atoms with Gasteiger partial charge >= 0.3 is 5.97 Å². The van der Waals surface area contributed by atoms with Gasteiger partial charge in [0.15, 0.2) is 0 Å². The Labute approximate surface area is 83.9 Å². The number of ether oxygens (including phenoxy) is 1. The summed E-state index contributed by atoms with van der Waals surface area (Å²) >= 11 is 0. The molecule has 0 saturated heterocycles. The van der Waals surface area contributed by atoms with Gasteiger partial charge in [-0.1, -0.05) is 37.3 Å². The van der Waals surface area contributed by atoms with Gasteiger partial charge < -0.3 is 4.74 Å². The summed E-state index contributed by atoms with van der Waals surface area (Å²) in [5.41, 5.74) is 1.24. The van der Waals surface area contributed by atoms with Gasteiger partial charge in [0, 0.05) is 5.41 Å². The van der Waals surface area contributed by atoms with E-state index in [9.17, 15) is 4.79 Å². The first-order valence-electron chi connectivity index (χ1n) is 4.82. The summed E-state index contributed by atoms with van der Waals surface area (Å²) < 4.78 is 4.75. The van der Waals surface area contributed by atoms with Crippen LogP contribution in [-0.2, 0) is 14.9 Å². The molecule has 0 radical (unpaired) electrons. The molecule has 1 aliphatic rings. The summed E-state index contributed by atoms with van der Waals surface area (Å²) in [4.78, 5) is 11.3. The van der Waals surface area contributed by atoms with E-state index in [1.807, 2.05) is 18.2 Å². The van der Waals surface area contributed by atoms with Crippen LogP contribution in [0, 0.1) is 5.92 Å². The van der Waals surface area contributed by atoms with Crippen molar-refractivity contribution in [3.05, 3.63) is 35.9 Å². The molecular formula is C12H14O2. The molecule has 74 valence electrons. The third-order valence-corrected chi connectivity index (χ3v) is 3.16. The maximum absolute atomic E-state index is 11.3. The van der Waals surface area contributed by atoms with E-state index in [1.54, 1.807) is 0 Å². The van der Waals surface area contributed by atoms with E-state index >= 15 is 0 Å². The molecule has 2 atom stereocenters. The first-order valence-corrected chi connectivity index (χ1v) is 4.82. The fourth-order valence-electron chi connectivity index (χ4n) is 1.99. The Kier molecular flexibility index (Phi) is 2.06. The average molecular weight is 190 g/mol. The van der Waals surface area contributed by atoms with Crippen molar-refractivity contribution in [3.63, 3.8) is 0 Å². The molecule has 2 heteroatoms. The zero-order valence-corrected chi connectivity index (χ0v) is 8.49. The van der Waals surface area contributed by atoms with E-state index in [1.165, 1.54) is 12.7 Å². The second-order valence-corrected chi connectivity index (χ2v) is 4.06. The van der Waals surface area contributed by atoms with Gasteiger partial charge in [0.1, 0.15) is 0 Å². The minimum Gasteiger partial charge on any atom is -0.469 e. The normalized spacial score (nSPS) is 29.7. The van der Waals surface area contributed by atoms with Gasteiger partial charge in [-0.3, -0.25) is 4.79 Å². The van der Waals surface area contributed by atoms with Crippen molar-refractivity contribution in [1.29, 1.82) is 0 Å². The molecule has 0 heterocycles. The maximum Gasteiger partial charge on any atom is 0.309 e. The van der Waals surface area contributed by atoms with E-state index in [2.05, 4.69) is 19.1 Å². The van der Waals surface area contributed by atoms with Gasteiger partial charge in [-0.05, 0) is 12.0 Å². The van der Waals surface area contributed by atoms with Crippen LogP contribution in [0.3, 0.4) is 0 Å². The fourth-order valence-corrected chi connectivity index (χ4v) is 1.99. The highest BCUT2D eigenvalue weighted by atomic mass is 16.5. The van der Waals surface area contributed by atoms with Crippen LogP contribution in [0.5, 0.6) is 0 Å². The quantitative estimate of drug-likeness (QED) is 0.668. The van der Waals surface area contributed by atoms with Crippen LogP contribution >= 0.6 is 0 Å². The summed E-state index contributed by atoms with van der Waals surface area (Å²) in [5, 5.41) is 0. The second-order valence-electron chi connectivity index (χ2n) is 4.06. The Morgan fingerprint density at radius 2 is 2.07 bits per heavy atom. The van der Waals surface area contributed by atoms with Gasteiger partial charge in [-0.25, -0.2) is 0 Å². The molecule has 0 spiro atoms. The third kappa shape index (κ3) is 1.31. The molecule has 0 aromatic heterocycles. The summed E-state index contributed by atoms with van der Waals surface area (Å²) in [6, 6.07) is 10.1. The Morgan fingerprint density at radius 3 is 2.64 bits per heavy atom. The van der Waals surface area contributed by atoms with Crippen LogP contribution in [0.1, 0.15) is 18.9 Å². The largest absolute Gasteiger partial charge is 0.469 e. The summed E-state index contributed by atoms with van der Waals surface area (Å²) in [5.74, 6) is -0.0359. The smallest absolute Gasteiger partial charge is 0.309 e. The SMILES string of the molecule is COC(=O)[C@@H]1C[C@@]1(C)c1ccccc1. The minimum absolute atomic E-state index is 0.00829. The monoisotopic (exact) mass is 190 g/mol. The van der Waals surface area contributed by atoms with Gasteiger partial charge in [0.2, 0.25) is 0 Å². The van der Waals surface area contributed by atoms with Crippen molar-refractivity contribution in [2.45, 2.75) is 18.8 Å². The summed E-state index contributed by atoms with van der Waals surface area (Å²) in [7, 11) is 1.45. The molecule has 0 N–H and O–H groups in total. The number of carbonyl (C=O) groups is 1. The second kappa shape index (κ2) is 3.12. The highest BCUT2D eigenvalue weighted by Crippen LogP contribution is 2.54. The number of rotatable bonds is 2. The number of hydrogen-bond donors (Lipinski definition) is 0. The molecule has 14 heavy (non-hydrogen) atoms. The van der Waals surface area contributed by atoms with Crippen LogP contribution in [0.15, 0.2) is 30.3 Å². The van der Waals surface area contributed by atoms with E-state index in [0.29, 0.717) is 0 Å². The third-order valence-electron chi connectivity index (χ3n) is 3.16. The van der Waals surface area contributed by atoms with Crippen molar-refractivity contribution in [3.8, 4) is 0 Å². The summed E-state index contributed by atoms with van der Waals surface area (Å²) in [6.45, 7) is 2.11. The van der Waals surface area contributed by atoms with Crippen molar-refractivity contribution < 1.29 is 9.53 Å². The number of methoxy groups -OCH3 is 1. The Balaban J connectivity index is 2.19.